The molecule has 0 fully saturated rings. The molecule has 0 saturated heterocycles. The lowest BCUT2D eigenvalue weighted by Gasteiger charge is -2.34. The molecule has 2 aliphatic rings. The van der Waals surface area contributed by atoms with Gasteiger partial charge in [-0.25, -0.2) is 0 Å². The summed E-state index contributed by atoms with van der Waals surface area (Å²) < 4.78 is 11.4. The van der Waals surface area contributed by atoms with E-state index >= 15 is 0 Å². The first-order chi connectivity index (χ1) is 20.0. The van der Waals surface area contributed by atoms with Crippen LogP contribution in [-0.4, -0.2) is 30.4 Å². The molecule has 0 N–H and O–H groups in total. The molecule has 1 atom stereocenters. The number of anilines is 1. The van der Waals surface area contributed by atoms with E-state index in [1.54, 1.807) is 36.3 Å². The monoisotopic (exact) mass is 542 g/mol. The van der Waals surface area contributed by atoms with Crippen LogP contribution in [0.5, 0.6) is 5.75 Å². The second kappa shape index (κ2) is 9.48. The van der Waals surface area contributed by atoms with Crippen LogP contribution in [0, 0.1) is 0 Å². The average Bonchev–Trinajstić information content (AvgIpc) is 3.41. The highest BCUT2D eigenvalue weighted by atomic mass is 16.5. The molecule has 1 aromatic heterocycles. The Labute approximate surface area is 236 Å². The summed E-state index contributed by atoms with van der Waals surface area (Å²) in [5.74, 6) is -0.158. The molecule has 7 nitrogen and oxygen atoms in total. The molecule has 2 aliphatic heterocycles. The summed E-state index contributed by atoms with van der Waals surface area (Å²) >= 11 is 0. The number of amides is 2. The fraction of sp³-hybridized carbons (Fsp3) is 0.147. The molecule has 0 radical (unpaired) electrons. The Bertz CT molecular complexity index is 1880. The third kappa shape index (κ3) is 3.62. The van der Waals surface area contributed by atoms with Gasteiger partial charge in [0.1, 0.15) is 11.3 Å². The van der Waals surface area contributed by atoms with E-state index in [4.69, 9.17) is 9.15 Å². The van der Waals surface area contributed by atoms with Crippen molar-refractivity contribution in [2.75, 3.05) is 18.6 Å². The fourth-order valence-electron chi connectivity index (χ4n) is 6.19. The third-order valence-electron chi connectivity index (χ3n) is 8.11. The van der Waals surface area contributed by atoms with Crippen LogP contribution in [-0.2, 0) is 23.3 Å². The van der Waals surface area contributed by atoms with E-state index in [-0.39, 0.29) is 29.2 Å². The highest BCUT2D eigenvalue weighted by Gasteiger charge is 2.64. The molecule has 3 heterocycles. The molecule has 1 spiro atoms. The van der Waals surface area contributed by atoms with E-state index in [1.165, 1.54) is 4.90 Å². The number of hydrogen-bond donors (Lipinski definition) is 0. The molecular formula is C34H26N2O5. The Kier molecular flexibility index (Phi) is 5.75. The van der Waals surface area contributed by atoms with Gasteiger partial charge in [-0.15, -0.1) is 0 Å². The number of ether oxygens (including phenoxy) is 1. The maximum Gasteiger partial charge on any atom is 0.291 e. The Morgan fingerprint density at radius 2 is 1.49 bits per heavy atom. The normalized spacial score (nSPS) is 17.4. The smallest absolute Gasteiger partial charge is 0.291 e. The van der Waals surface area contributed by atoms with Gasteiger partial charge >= 0.3 is 0 Å². The van der Waals surface area contributed by atoms with Gasteiger partial charge in [0.2, 0.25) is 5.76 Å². The van der Waals surface area contributed by atoms with Crippen molar-refractivity contribution in [1.29, 1.82) is 0 Å². The first kappa shape index (κ1) is 24.8. The van der Waals surface area contributed by atoms with E-state index in [2.05, 4.69) is 0 Å². The van der Waals surface area contributed by atoms with Gasteiger partial charge in [-0.1, -0.05) is 72.8 Å². The molecule has 0 aliphatic carbocycles. The maximum absolute atomic E-state index is 14.8. The van der Waals surface area contributed by atoms with Crippen LogP contribution in [0.2, 0.25) is 0 Å². The van der Waals surface area contributed by atoms with Gasteiger partial charge in [-0.2, -0.15) is 0 Å². The fourth-order valence-corrected chi connectivity index (χ4v) is 6.19. The number of para-hydroxylation sites is 2. The number of carbonyl (C=O) groups is 2. The topological polar surface area (TPSA) is 80.1 Å². The molecular weight excluding hydrogens is 516 g/mol. The summed E-state index contributed by atoms with van der Waals surface area (Å²) in [7, 11) is 1.61. The Morgan fingerprint density at radius 1 is 0.780 bits per heavy atom. The van der Waals surface area contributed by atoms with Crippen LogP contribution in [0.3, 0.4) is 0 Å². The maximum atomic E-state index is 14.8. The number of nitrogens with zero attached hydrogens (tertiary/aromatic N) is 2. The minimum Gasteiger partial charge on any atom is -0.497 e. The lowest BCUT2D eigenvalue weighted by atomic mass is 9.83. The standard InChI is InChI=1S/C34H26N2O5/c1-40-24-17-15-22(16-18-24)19-20-36-32(38)31-29(30(37)25-11-5-8-14-28(25)41-31)34(36)26-12-6-7-13-27(26)35(33(34)39)21-23-9-3-2-4-10-23/h2-18H,19-21H2,1H3. The summed E-state index contributed by atoms with van der Waals surface area (Å²) in [6.45, 7) is 0.498. The molecule has 7 heteroatoms. The van der Waals surface area contributed by atoms with Crippen molar-refractivity contribution in [2.24, 2.45) is 0 Å². The summed E-state index contributed by atoms with van der Waals surface area (Å²) in [6, 6.07) is 31.6. The minimum atomic E-state index is -1.64. The van der Waals surface area contributed by atoms with Crippen LogP contribution in [0.4, 0.5) is 5.69 Å². The van der Waals surface area contributed by atoms with Crippen molar-refractivity contribution in [1.82, 2.24) is 4.90 Å². The number of fused-ring (bicyclic) bond motifs is 5. The second-order valence-electron chi connectivity index (χ2n) is 10.3. The molecule has 202 valence electrons. The zero-order valence-electron chi connectivity index (χ0n) is 22.4. The molecule has 0 saturated carbocycles. The van der Waals surface area contributed by atoms with Crippen LogP contribution >= 0.6 is 0 Å². The van der Waals surface area contributed by atoms with Gasteiger partial charge in [0.25, 0.3) is 11.8 Å². The third-order valence-corrected chi connectivity index (χ3v) is 8.11. The Hall–Kier alpha value is -5.17. The quantitative estimate of drug-likeness (QED) is 0.291. The summed E-state index contributed by atoms with van der Waals surface area (Å²) in [5.41, 5.74) is 1.57. The highest BCUT2D eigenvalue weighted by Crippen LogP contribution is 2.52. The molecule has 4 aromatic carbocycles. The first-order valence-corrected chi connectivity index (χ1v) is 13.5. The lowest BCUT2D eigenvalue weighted by Crippen LogP contribution is -2.53. The molecule has 7 rings (SSSR count). The van der Waals surface area contributed by atoms with Crippen LogP contribution in [0.1, 0.15) is 32.8 Å². The van der Waals surface area contributed by atoms with Gasteiger partial charge < -0.3 is 19.0 Å². The molecule has 1 unspecified atom stereocenters. The summed E-state index contributed by atoms with van der Waals surface area (Å²) in [4.78, 5) is 46.5. The largest absolute Gasteiger partial charge is 0.497 e. The number of rotatable bonds is 6. The average molecular weight is 543 g/mol. The van der Waals surface area contributed by atoms with E-state index in [0.717, 1.165) is 16.9 Å². The van der Waals surface area contributed by atoms with Crippen molar-refractivity contribution in [3.05, 3.63) is 141 Å². The molecule has 5 aromatic rings. The van der Waals surface area contributed by atoms with Crippen molar-refractivity contribution in [3.63, 3.8) is 0 Å². The SMILES string of the molecule is COc1ccc(CCN2C(=O)c3oc4ccccc4c(=O)c3C23C(=O)N(Cc2ccccc2)c2ccccc23)cc1. The van der Waals surface area contributed by atoms with Crippen LogP contribution in [0.15, 0.2) is 112 Å². The van der Waals surface area contributed by atoms with Crippen molar-refractivity contribution in [3.8, 4) is 5.75 Å². The van der Waals surface area contributed by atoms with Gasteiger partial charge in [0.15, 0.2) is 11.0 Å². The van der Waals surface area contributed by atoms with Gasteiger partial charge in [0.05, 0.1) is 30.3 Å². The number of carbonyl (C=O) groups excluding carboxylic acids is 2. The molecule has 0 bridgehead atoms. The van der Waals surface area contributed by atoms with E-state index in [1.807, 2.05) is 78.9 Å². The van der Waals surface area contributed by atoms with Gasteiger partial charge in [-0.3, -0.25) is 14.4 Å². The van der Waals surface area contributed by atoms with Crippen LogP contribution in [0.25, 0.3) is 11.0 Å². The predicted molar refractivity (Wildman–Crippen MR) is 155 cm³/mol. The zero-order chi connectivity index (χ0) is 28.1. The van der Waals surface area contributed by atoms with Crippen LogP contribution < -0.4 is 15.1 Å². The number of methoxy groups -OCH3 is 1. The van der Waals surface area contributed by atoms with Crippen molar-refractivity contribution >= 4 is 28.5 Å². The lowest BCUT2D eigenvalue weighted by molar-refractivity contribution is -0.126. The zero-order valence-corrected chi connectivity index (χ0v) is 22.4. The van der Waals surface area contributed by atoms with Crippen molar-refractivity contribution in [2.45, 2.75) is 18.5 Å². The Balaban J connectivity index is 1.43. The highest BCUT2D eigenvalue weighted by molar-refractivity contribution is 6.17. The number of benzene rings is 4. The summed E-state index contributed by atoms with van der Waals surface area (Å²) in [5, 5.41) is 0.335. The van der Waals surface area contributed by atoms with Crippen molar-refractivity contribution < 1.29 is 18.7 Å². The molecule has 41 heavy (non-hydrogen) atoms. The predicted octanol–water partition coefficient (Wildman–Crippen LogP) is 5.29. The minimum absolute atomic E-state index is 0.0758. The van der Waals surface area contributed by atoms with Gasteiger partial charge in [-0.05, 0) is 47.9 Å². The van der Waals surface area contributed by atoms with E-state index < -0.39 is 11.4 Å². The number of hydrogen-bond acceptors (Lipinski definition) is 5. The molecule has 2 amide bonds. The summed E-state index contributed by atoms with van der Waals surface area (Å²) in [6.07, 6.45) is 0.466. The van der Waals surface area contributed by atoms with E-state index in [9.17, 15) is 14.4 Å². The second-order valence-corrected chi connectivity index (χ2v) is 10.3. The van der Waals surface area contributed by atoms with Gasteiger partial charge in [0, 0.05) is 12.1 Å². The first-order valence-electron chi connectivity index (χ1n) is 13.5. The van der Waals surface area contributed by atoms with E-state index in [0.29, 0.717) is 35.2 Å². The Morgan fingerprint density at radius 3 is 2.27 bits per heavy atom.